The Kier molecular flexibility index (Phi) is 1.29. The molecule has 8 unspecified atom stereocenters. The Labute approximate surface area is 89.1 Å². The molecule has 5 rings (SSSR count). The summed E-state index contributed by atoms with van der Waals surface area (Å²) in [5.41, 5.74) is 0. The van der Waals surface area contributed by atoms with E-state index in [0.29, 0.717) is 24.4 Å². The van der Waals surface area contributed by atoms with Gasteiger partial charge in [-0.3, -0.25) is 0 Å². The van der Waals surface area contributed by atoms with Gasteiger partial charge in [0.25, 0.3) is 0 Å². The second kappa shape index (κ2) is 2.41. The van der Waals surface area contributed by atoms with Crippen LogP contribution in [0.2, 0.25) is 0 Å². The van der Waals surface area contributed by atoms with Gasteiger partial charge in [0, 0.05) is 0 Å². The summed E-state index contributed by atoms with van der Waals surface area (Å²) in [6.45, 7) is 2.02. The third kappa shape index (κ3) is 1.02. The number of hydrogen-bond acceptors (Lipinski definition) is 3. The van der Waals surface area contributed by atoms with E-state index >= 15 is 0 Å². The lowest BCUT2D eigenvalue weighted by Gasteiger charge is -2.19. The van der Waals surface area contributed by atoms with Crippen molar-refractivity contribution < 1.29 is 14.2 Å². The molecule has 5 aliphatic rings. The molecule has 0 aromatic carbocycles. The lowest BCUT2D eigenvalue weighted by Crippen LogP contribution is -2.22. The third-order valence-corrected chi connectivity index (χ3v) is 5.26. The zero-order chi connectivity index (χ0) is 9.57. The number of fused-ring (bicyclic) bond motifs is 3. The minimum absolute atomic E-state index is 0.573. The second-order valence-electron chi connectivity index (χ2n) is 5.92. The summed E-state index contributed by atoms with van der Waals surface area (Å²) in [5, 5.41) is 0. The van der Waals surface area contributed by atoms with E-state index < -0.39 is 0 Å². The lowest BCUT2D eigenvalue weighted by atomic mass is 9.87. The van der Waals surface area contributed by atoms with Gasteiger partial charge in [0.2, 0.25) is 0 Å². The van der Waals surface area contributed by atoms with Gasteiger partial charge >= 0.3 is 0 Å². The fourth-order valence-corrected chi connectivity index (χ4v) is 4.45. The van der Waals surface area contributed by atoms with E-state index in [4.69, 9.17) is 14.2 Å². The van der Waals surface area contributed by atoms with Gasteiger partial charge in [-0.25, -0.2) is 0 Å². The van der Waals surface area contributed by atoms with E-state index in [9.17, 15) is 0 Å². The summed E-state index contributed by atoms with van der Waals surface area (Å²) in [6.07, 6.45) is 5.04. The molecule has 2 aliphatic carbocycles. The van der Waals surface area contributed by atoms with Gasteiger partial charge in [-0.1, -0.05) is 0 Å². The molecule has 0 N–H and O–H groups in total. The minimum Gasteiger partial charge on any atom is -0.373 e. The summed E-state index contributed by atoms with van der Waals surface area (Å²) < 4.78 is 16.8. The van der Waals surface area contributed by atoms with E-state index in [0.717, 1.165) is 36.9 Å². The van der Waals surface area contributed by atoms with Gasteiger partial charge in [-0.05, 0) is 36.5 Å². The van der Waals surface area contributed by atoms with E-state index in [1.54, 1.807) is 0 Å². The van der Waals surface area contributed by atoms with Crippen LogP contribution in [0.15, 0.2) is 0 Å². The maximum atomic E-state index is 5.73. The van der Waals surface area contributed by atoms with Crippen molar-refractivity contribution >= 4 is 0 Å². The minimum atomic E-state index is 0.573. The zero-order valence-corrected chi connectivity index (χ0v) is 8.67. The van der Waals surface area contributed by atoms with Gasteiger partial charge < -0.3 is 14.2 Å². The van der Waals surface area contributed by atoms with E-state index in [1.807, 2.05) is 0 Å². The molecule has 82 valence electrons. The largest absolute Gasteiger partial charge is 0.373 e. The van der Waals surface area contributed by atoms with Gasteiger partial charge in [0.15, 0.2) is 0 Å². The number of ether oxygens (including phenoxy) is 3. The van der Waals surface area contributed by atoms with Gasteiger partial charge in [0.05, 0.1) is 37.6 Å². The van der Waals surface area contributed by atoms with Crippen molar-refractivity contribution in [3.05, 3.63) is 0 Å². The van der Waals surface area contributed by atoms with E-state index in [2.05, 4.69) is 0 Å². The molecule has 3 heterocycles. The quantitative estimate of drug-likeness (QED) is 0.631. The summed E-state index contributed by atoms with van der Waals surface area (Å²) in [4.78, 5) is 0. The van der Waals surface area contributed by atoms with Crippen molar-refractivity contribution in [1.82, 2.24) is 0 Å². The van der Waals surface area contributed by atoms with Crippen molar-refractivity contribution in [3.8, 4) is 0 Å². The SMILES string of the molecule is C1OC1C1CC(C2CO2)C2C1CC1OC12. The molecule has 0 aromatic heterocycles. The van der Waals surface area contributed by atoms with Crippen LogP contribution in [0.3, 0.4) is 0 Å². The van der Waals surface area contributed by atoms with Crippen molar-refractivity contribution in [2.75, 3.05) is 13.2 Å². The van der Waals surface area contributed by atoms with Gasteiger partial charge in [-0.2, -0.15) is 0 Å². The monoisotopic (exact) mass is 208 g/mol. The van der Waals surface area contributed by atoms with Crippen molar-refractivity contribution in [3.63, 3.8) is 0 Å². The van der Waals surface area contributed by atoms with Gasteiger partial charge in [-0.15, -0.1) is 0 Å². The molecule has 2 saturated carbocycles. The highest BCUT2D eigenvalue weighted by Crippen LogP contribution is 2.62. The smallest absolute Gasteiger partial charge is 0.0876 e. The number of hydrogen-bond donors (Lipinski definition) is 0. The standard InChI is InChI=1S/C12H16O3/c1-5(9-3-13-9)6-2-8-12(15-8)11(6)7(1)10-4-14-10/h5-12H,1-4H2. The highest BCUT2D eigenvalue weighted by Gasteiger charge is 2.66. The van der Waals surface area contributed by atoms with Gasteiger partial charge in [0.1, 0.15) is 0 Å². The molecule has 3 saturated heterocycles. The molecular formula is C12H16O3. The van der Waals surface area contributed by atoms with Crippen LogP contribution in [0.4, 0.5) is 0 Å². The molecule has 0 bridgehead atoms. The van der Waals surface area contributed by atoms with Crippen LogP contribution in [0.1, 0.15) is 12.8 Å². The maximum Gasteiger partial charge on any atom is 0.0876 e. The molecule has 5 fully saturated rings. The van der Waals surface area contributed by atoms with Crippen LogP contribution in [0.5, 0.6) is 0 Å². The Morgan fingerprint density at radius 1 is 0.733 bits per heavy atom. The predicted octanol–water partition coefficient (Wildman–Crippen LogP) is 0.824. The number of rotatable bonds is 2. The summed E-state index contributed by atoms with van der Waals surface area (Å²) >= 11 is 0. The van der Waals surface area contributed by atoms with Crippen LogP contribution < -0.4 is 0 Å². The Hall–Kier alpha value is -0.120. The Morgan fingerprint density at radius 3 is 2.20 bits per heavy atom. The van der Waals surface area contributed by atoms with Crippen molar-refractivity contribution in [2.45, 2.75) is 37.3 Å². The van der Waals surface area contributed by atoms with Crippen LogP contribution in [0.25, 0.3) is 0 Å². The topological polar surface area (TPSA) is 37.6 Å². The molecule has 3 heteroatoms. The average molecular weight is 208 g/mol. The first-order chi connectivity index (χ1) is 7.42. The Balaban J connectivity index is 1.48. The molecule has 3 aliphatic heterocycles. The number of epoxide rings is 3. The first-order valence-corrected chi connectivity index (χ1v) is 6.30. The summed E-state index contributed by atoms with van der Waals surface area (Å²) in [7, 11) is 0. The highest BCUT2D eigenvalue weighted by atomic mass is 16.6. The molecule has 0 spiro atoms. The van der Waals surface area contributed by atoms with Crippen LogP contribution >= 0.6 is 0 Å². The third-order valence-electron chi connectivity index (χ3n) is 5.26. The van der Waals surface area contributed by atoms with Crippen molar-refractivity contribution in [1.29, 1.82) is 0 Å². The molecule has 3 nitrogen and oxygen atoms in total. The molecular weight excluding hydrogens is 192 g/mol. The first kappa shape index (κ1) is 8.04. The first-order valence-electron chi connectivity index (χ1n) is 6.30. The summed E-state index contributed by atoms with van der Waals surface area (Å²) in [6, 6.07) is 0. The predicted molar refractivity (Wildman–Crippen MR) is 51.3 cm³/mol. The van der Waals surface area contributed by atoms with E-state index in [1.165, 1.54) is 12.8 Å². The second-order valence-corrected chi connectivity index (χ2v) is 5.92. The fourth-order valence-electron chi connectivity index (χ4n) is 4.45. The van der Waals surface area contributed by atoms with Crippen molar-refractivity contribution in [2.24, 2.45) is 23.7 Å². The molecule has 0 radical (unpaired) electrons. The van der Waals surface area contributed by atoms with E-state index in [-0.39, 0.29) is 0 Å². The fraction of sp³-hybridized carbons (Fsp3) is 1.00. The molecule has 8 atom stereocenters. The molecule has 15 heavy (non-hydrogen) atoms. The lowest BCUT2D eigenvalue weighted by molar-refractivity contribution is 0.157. The normalized spacial score (nSPS) is 68.8. The van der Waals surface area contributed by atoms with Crippen LogP contribution in [0, 0.1) is 23.7 Å². The average Bonchev–Trinajstić information content (AvgIpc) is 3.07. The zero-order valence-electron chi connectivity index (χ0n) is 8.67. The highest BCUT2D eigenvalue weighted by molar-refractivity contribution is 5.13. The van der Waals surface area contributed by atoms with Crippen LogP contribution in [-0.2, 0) is 14.2 Å². The maximum absolute atomic E-state index is 5.73. The summed E-state index contributed by atoms with van der Waals surface area (Å²) in [5.74, 6) is 3.34. The Bertz CT molecular complexity index is 308. The molecule has 0 aromatic rings. The Morgan fingerprint density at radius 2 is 1.47 bits per heavy atom. The van der Waals surface area contributed by atoms with Crippen LogP contribution in [-0.4, -0.2) is 37.6 Å². The molecule has 0 amide bonds.